The van der Waals surface area contributed by atoms with Crippen molar-refractivity contribution >= 4 is 5.91 Å². The van der Waals surface area contributed by atoms with Gasteiger partial charge in [0.25, 0.3) is 5.76 Å². The molecule has 1 aliphatic carbocycles. The van der Waals surface area contributed by atoms with E-state index in [1.807, 2.05) is 0 Å². The SMILES string of the molecule is CC(=O)NC1=C(O)C=C[C+]=C1. The van der Waals surface area contributed by atoms with Crippen LogP contribution in [-0.2, 0) is 4.79 Å². The first-order valence-electron chi connectivity index (χ1n) is 3.17. The van der Waals surface area contributed by atoms with E-state index >= 15 is 0 Å². The molecule has 0 heterocycles. The highest BCUT2D eigenvalue weighted by atomic mass is 16.3. The first-order valence-corrected chi connectivity index (χ1v) is 3.17. The van der Waals surface area contributed by atoms with E-state index in [0.717, 1.165) is 0 Å². The van der Waals surface area contributed by atoms with E-state index in [1.165, 1.54) is 19.1 Å². The van der Waals surface area contributed by atoms with Gasteiger partial charge in [0, 0.05) is 13.0 Å². The van der Waals surface area contributed by atoms with Gasteiger partial charge in [0.2, 0.25) is 5.91 Å². The molecule has 3 nitrogen and oxygen atoms in total. The van der Waals surface area contributed by atoms with Crippen LogP contribution in [0, 0.1) is 6.08 Å². The lowest BCUT2D eigenvalue weighted by Crippen LogP contribution is -2.19. The summed E-state index contributed by atoms with van der Waals surface area (Å²) in [6.07, 6.45) is 7.28. The summed E-state index contributed by atoms with van der Waals surface area (Å²) >= 11 is 0. The summed E-state index contributed by atoms with van der Waals surface area (Å²) in [7, 11) is 0. The Labute approximate surface area is 64.7 Å². The molecule has 0 saturated carbocycles. The zero-order valence-corrected chi connectivity index (χ0v) is 6.09. The predicted molar refractivity (Wildman–Crippen MR) is 40.4 cm³/mol. The van der Waals surface area contributed by atoms with Crippen molar-refractivity contribution in [1.82, 2.24) is 5.32 Å². The van der Waals surface area contributed by atoms with Gasteiger partial charge in [-0.2, -0.15) is 0 Å². The van der Waals surface area contributed by atoms with Gasteiger partial charge >= 0.3 is 0 Å². The van der Waals surface area contributed by atoms with Crippen LogP contribution in [0.2, 0.25) is 0 Å². The van der Waals surface area contributed by atoms with Gasteiger partial charge in [0.15, 0.2) is 5.70 Å². The molecule has 0 unspecified atom stereocenters. The summed E-state index contributed by atoms with van der Waals surface area (Å²) < 4.78 is 0. The molecular weight excluding hydrogens is 142 g/mol. The molecule has 0 atom stereocenters. The summed E-state index contributed by atoms with van der Waals surface area (Å²) in [5, 5.41) is 11.6. The molecule has 0 aromatic carbocycles. The van der Waals surface area contributed by atoms with Crippen LogP contribution < -0.4 is 5.32 Å². The minimum atomic E-state index is -0.208. The number of amides is 1. The summed E-state index contributed by atoms with van der Waals surface area (Å²) in [6, 6.07) is 0. The molecule has 0 aromatic rings. The Balaban J connectivity index is 2.78. The van der Waals surface area contributed by atoms with Crippen LogP contribution in [0.5, 0.6) is 0 Å². The number of aliphatic hydroxyl groups is 1. The third-order valence-corrected chi connectivity index (χ3v) is 1.15. The molecule has 56 valence electrons. The third-order valence-electron chi connectivity index (χ3n) is 1.15. The van der Waals surface area contributed by atoms with Gasteiger partial charge in [-0.15, -0.1) is 0 Å². The number of nitrogens with one attached hydrogen (secondary N) is 1. The Bertz CT molecular complexity index is 261. The second-order valence-electron chi connectivity index (χ2n) is 2.12. The largest absolute Gasteiger partial charge is 0.486 e. The van der Waals surface area contributed by atoms with E-state index in [9.17, 15) is 4.79 Å². The fourth-order valence-corrected chi connectivity index (χ4v) is 0.712. The van der Waals surface area contributed by atoms with Crippen LogP contribution in [0.15, 0.2) is 29.7 Å². The summed E-state index contributed by atoms with van der Waals surface area (Å²) in [5.74, 6) is -0.154. The lowest BCUT2D eigenvalue weighted by atomic mass is 10.2. The Morgan fingerprint density at radius 2 is 2.45 bits per heavy atom. The van der Waals surface area contributed by atoms with Crippen LogP contribution >= 0.6 is 0 Å². The molecule has 1 aliphatic rings. The molecule has 3 heteroatoms. The number of aliphatic hydroxyl groups excluding tert-OH is 1. The average molecular weight is 150 g/mol. The second-order valence-corrected chi connectivity index (χ2v) is 2.12. The van der Waals surface area contributed by atoms with Crippen molar-refractivity contribution in [2.45, 2.75) is 6.92 Å². The highest BCUT2D eigenvalue weighted by molar-refractivity contribution is 5.75. The molecule has 0 spiro atoms. The van der Waals surface area contributed by atoms with Gasteiger partial charge in [0.1, 0.15) is 12.2 Å². The topological polar surface area (TPSA) is 49.3 Å². The van der Waals surface area contributed by atoms with Crippen molar-refractivity contribution in [3.8, 4) is 0 Å². The van der Waals surface area contributed by atoms with Crippen LogP contribution in [0.3, 0.4) is 0 Å². The van der Waals surface area contributed by atoms with E-state index in [1.54, 1.807) is 6.08 Å². The maximum Gasteiger partial charge on any atom is 0.255 e. The summed E-state index contributed by atoms with van der Waals surface area (Å²) in [6.45, 7) is 1.38. The molecule has 0 bridgehead atoms. The molecule has 0 aliphatic heterocycles. The van der Waals surface area contributed by atoms with E-state index in [-0.39, 0.29) is 11.7 Å². The Kier molecular flexibility index (Phi) is 2.04. The smallest absolute Gasteiger partial charge is 0.255 e. The highest BCUT2D eigenvalue weighted by Crippen LogP contribution is 2.05. The first kappa shape index (κ1) is 7.51. The molecule has 1 amide bonds. The van der Waals surface area contributed by atoms with E-state index in [0.29, 0.717) is 5.70 Å². The van der Waals surface area contributed by atoms with Gasteiger partial charge in [-0.3, -0.25) is 10.1 Å². The lowest BCUT2D eigenvalue weighted by Gasteiger charge is -1.97. The minimum absolute atomic E-state index is 0.0546. The second kappa shape index (κ2) is 2.99. The van der Waals surface area contributed by atoms with Crippen molar-refractivity contribution in [2.24, 2.45) is 0 Å². The van der Waals surface area contributed by atoms with Crippen molar-refractivity contribution in [3.63, 3.8) is 0 Å². The average Bonchev–Trinajstić information content (AvgIpc) is 1.93. The Hall–Kier alpha value is -1.60. The van der Waals surface area contributed by atoms with Gasteiger partial charge < -0.3 is 5.11 Å². The maximum absolute atomic E-state index is 10.5. The predicted octanol–water partition coefficient (Wildman–Crippen LogP) is 0.821. The monoisotopic (exact) mass is 150 g/mol. The van der Waals surface area contributed by atoms with Gasteiger partial charge in [-0.25, -0.2) is 0 Å². The summed E-state index contributed by atoms with van der Waals surface area (Å²) in [4.78, 5) is 10.5. The number of carbonyl (C=O) groups is 1. The molecule has 0 saturated heterocycles. The molecule has 11 heavy (non-hydrogen) atoms. The van der Waals surface area contributed by atoms with Crippen LogP contribution in [0.1, 0.15) is 6.92 Å². The molecule has 1 rings (SSSR count). The summed E-state index contributed by atoms with van der Waals surface area (Å²) in [5.41, 5.74) is 0.389. The number of carbonyl (C=O) groups excluding carboxylic acids is 1. The van der Waals surface area contributed by atoms with E-state index < -0.39 is 0 Å². The standard InChI is InChI=1S/C8H7NO2/c1-6(10)9-7-4-2-3-5-8(7)11/h3-5H,1H3,(H-,9,10,11)/p+1. The fraction of sp³-hybridized carbons (Fsp3) is 0.125. The lowest BCUT2D eigenvalue weighted by molar-refractivity contribution is -0.118. The van der Waals surface area contributed by atoms with E-state index in [2.05, 4.69) is 11.4 Å². The Morgan fingerprint density at radius 3 is 3.00 bits per heavy atom. The van der Waals surface area contributed by atoms with Gasteiger partial charge in [-0.05, 0) is 0 Å². The molecule has 2 N–H and O–H groups in total. The van der Waals surface area contributed by atoms with Crippen molar-refractivity contribution in [1.29, 1.82) is 0 Å². The molecule has 0 radical (unpaired) electrons. The normalized spacial score (nSPS) is 14.6. The third kappa shape index (κ3) is 1.92. The van der Waals surface area contributed by atoms with Gasteiger partial charge in [-0.1, -0.05) is 0 Å². The quantitative estimate of drug-likeness (QED) is 0.544. The number of hydrogen-bond donors (Lipinski definition) is 2. The number of allylic oxidation sites excluding steroid dienone is 4. The Morgan fingerprint density at radius 1 is 1.73 bits per heavy atom. The van der Waals surface area contributed by atoms with Crippen LogP contribution in [0.25, 0.3) is 0 Å². The minimum Gasteiger partial charge on any atom is -0.486 e. The number of hydrogen-bond acceptors (Lipinski definition) is 2. The maximum atomic E-state index is 10.5. The molecular formula is C8H8NO2+. The highest BCUT2D eigenvalue weighted by Gasteiger charge is 2.12. The zero-order chi connectivity index (χ0) is 8.27. The van der Waals surface area contributed by atoms with Crippen molar-refractivity contribution < 1.29 is 9.90 Å². The van der Waals surface area contributed by atoms with Crippen molar-refractivity contribution in [2.75, 3.05) is 0 Å². The van der Waals surface area contributed by atoms with Crippen LogP contribution in [0.4, 0.5) is 0 Å². The first-order chi connectivity index (χ1) is 5.20. The fourth-order valence-electron chi connectivity index (χ4n) is 0.712. The van der Waals surface area contributed by atoms with E-state index in [4.69, 9.17) is 5.11 Å². The van der Waals surface area contributed by atoms with Crippen molar-refractivity contribution in [3.05, 3.63) is 35.8 Å². The zero-order valence-electron chi connectivity index (χ0n) is 6.09. The molecule has 0 fully saturated rings. The van der Waals surface area contributed by atoms with Gasteiger partial charge in [0.05, 0.1) is 6.08 Å². The van der Waals surface area contributed by atoms with Crippen LogP contribution in [-0.4, -0.2) is 11.0 Å². The molecule has 0 aromatic heterocycles. The number of rotatable bonds is 1.